The van der Waals surface area contributed by atoms with Crippen LogP contribution in [0.3, 0.4) is 0 Å². The van der Waals surface area contributed by atoms with Crippen molar-refractivity contribution in [2.75, 3.05) is 13.7 Å². The summed E-state index contributed by atoms with van der Waals surface area (Å²) in [5.74, 6) is 0.888. The Labute approximate surface area is 107 Å². The summed E-state index contributed by atoms with van der Waals surface area (Å²) in [5.41, 5.74) is 0.896. The molecule has 2 saturated carbocycles. The summed E-state index contributed by atoms with van der Waals surface area (Å²) in [7, 11) is 2.02. The Morgan fingerprint density at radius 1 is 1.35 bits per heavy atom. The smallest absolute Gasteiger partial charge is 0.0636 e. The Morgan fingerprint density at radius 2 is 2.06 bits per heavy atom. The number of hydrogen-bond acceptors (Lipinski definition) is 2. The van der Waals surface area contributed by atoms with Crippen molar-refractivity contribution in [3.8, 4) is 0 Å². The summed E-state index contributed by atoms with van der Waals surface area (Å²) >= 11 is 0. The molecule has 2 heteroatoms. The van der Waals surface area contributed by atoms with Crippen molar-refractivity contribution in [2.45, 2.75) is 65.5 Å². The van der Waals surface area contributed by atoms with E-state index in [1.807, 2.05) is 7.05 Å². The second kappa shape index (κ2) is 4.55. The van der Waals surface area contributed by atoms with Crippen molar-refractivity contribution >= 4 is 0 Å². The van der Waals surface area contributed by atoms with Gasteiger partial charge in [0.05, 0.1) is 6.10 Å². The SMILES string of the molecule is CNC(C)CCOC1CC2CCC1(C)C2(C)C. The van der Waals surface area contributed by atoms with E-state index >= 15 is 0 Å². The predicted molar refractivity (Wildman–Crippen MR) is 72.1 cm³/mol. The first-order valence-corrected chi connectivity index (χ1v) is 7.20. The van der Waals surface area contributed by atoms with Crippen molar-refractivity contribution in [3.63, 3.8) is 0 Å². The van der Waals surface area contributed by atoms with Crippen LogP contribution in [-0.2, 0) is 4.74 Å². The minimum atomic E-state index is 0.417. The van der Waals surface area contributed by atoms with Gasteiger partial charge in [-0.05, 0) is 56.4 Å². The fraction of sp³-hybridized carbons (Fsp3) is 1.00. The molecule has 0 heterocycles. The first-order valence-electron chi connectivity index (χ1n) is 7.20. The minimum absolute atomic E-state index is 0.417. The van der Waals surface area contributed by atoms with Crippen LogP contribution in [0.15, 0.2) is 0 Å². The van der Waals surface area contributed by atoms with Crippen molar-refractivity contribution in [1.82, 2.24) is 5.32 Å². The molecule has 0 aromatic heterocycles. The lowest BCUT2D eigenvalue weighted by Gasteiger charge is -2.39. The zero-order chi connectivity index (χ0) is 12.7. The first kappa shape index (κ1) is 13.4. The summed E-state index contributed by atoms with van der Waals surface area (Å²) in [6, 6.07) is 0.564. The zero-order valence-corrected chi connectivity index (χ0v) is 12.2. The lowest BCUT2D eigenvalue weighted by molar-refractivity contribution is -0.0484. The lowest BCUT2D eigenvalue weighted by atomic mass is 9.70. The molecule has 2 aliphatic rings. The predicted octanol–water partition coefficient (Wildman–Crippen LogP) is 3.22. The van der Waals surface area contributed by atoms with Crippen LogP contribution in [0.1, 0.15) is 53.4 Å². The number of hydrogen-bond donors (Lipinski definition) is 1. The monoisotopic (exact) mass is 239 g/mol. The molecule has 2 bridgehead atoms. The lowest BCUT2D eigenvalue weighted by Crippen LogP contribution is -2.37. The maximum atomic E-state index is 6.21. The highest BCUT2D eigenvalue weighted by Crippen LogP contribution is 2.66. The number of nitrogens with one attached hydrogen (secondary N) is 1. The van der Waals surface area contributed by atoms with Gasteiger partial charge in [-0.2, -0.15) is 0 Å². The highest BCUT2D eigenvalue weighted by atomic mass is 16.5. The molecule has 2 aliphatic carbocycles. The molecule has 0 spiro atoms. The van der Waals surface area contributed by atoms with Crippen molar-refractivity contribution < 1.29 is 4.74 Å². The summed E-state index contributed by atoms with van der Waals surface area (Å²) in [5, 5.41) is 3.27. The minimum Gasteiger partial charge on any atom is -0.378 e. The van der Waals surface area contributed by atoms with E-state index in [9.17, 15) is 0 Å². The third kappa shape index (κ3) is 2.04. The van der Waals surface area contributed by atoms with Crippen LogP contribution in [-0.4, -0.2) is 25.8 Å². The van der Waals surface area contributed by atoms with E-state index in [1.54, 1.807) is 0 Å². The number of fused-ring (bicyclic) bond motifs is 2. The highest BCUT2D eigenvalue weighted by Gasteiger charge is 2.61. The van der Waals surface area contributed by atoms with E-state index in [1.165, 1.54) is 19.3 Å². The van der Waals surface area contributed by atoms with Gasteiger partial charge >= 0.3 is 0 Å². The van der Waals surface area contributed by atoms with Crippen LogP contribution >= 0.6 is 0 Å². The van der Waals surface area contributed by atoms with E-state index in [2.05, 4.69) is 33.0 Å². The molecular weight excluding hydrogens is 210 g/mol. The molecule has 0 aromatic rings. The third-order valence-electron chi connectivity index (χ3n) is 6.08. The van der Waals surface area contributed by atoms with Crippen LogP contribution < -0.4 is 5.32 Å². The fourth-order valence-corrected chi connectivity index (χ4v) is 3.91. The third-order valence-corrected chi connectivity index (χ3v) is 6.08. The molecule has 0 saturated heterocycles. The van der Waals surface area contributed by atoms with Gasteiger partial charge in [-0.15, -0.1) is 0 Å². The molecule has 4 atom stereocenters. The van der Waals surface area contributed by atoms with Gasteiger partial charge in [0.1, 0.15) is 0 Å². The molecule has 0 radical (unpaired) electrons. The number of ether oxygens (including phenoxy) is 1. The molecule has 4 unspecified atom stereocenters. The molecule has 1 N–H and O–H groups in total. The van der Waals surface area contributed by atoms with E-state index in [4.69, 9.17) is 4.74 Å². The standard InChI is InChI=1S/C15H29NO/c1-11(16-5)7-9-17-13-10-12-6-8-15(13,4)14(12,2)3/h11-13,16H,6-10H2,1-5H3. The molecule has 2 rings (SSSR count). The normalized spacial score (nSPS) is 40.8. The molecule has 0 amide bonds. The summed E-state index contributed by atoms with van der Waals surface area (Å²) < 4.78 is 6.21. The molecule has 2 fully saturated rings. The number of rotatable bonds is 5. The maximum Gasteiger partial charge on any atom is 0.0636 e. The second-order valence-electron chi connectivity index (χ2n) is 6.95. The van der Waals surface area contributed by atoms with Gasteiger partial charge in [-0.3, -0.25) is 0 Å². The molecular formula is C15H29NO. The van der Waals surface area contributed by atoms with Gasteiger partial charge < -0.3 is 10.1 Å². The Kier molecular flexibility index (Phi) is 3.57. The van der Waals surface area contributed by atoms with Crippen LogP contribution in [0.25, 0.3) is 0 Å². The van der Waals surface area contributed by atoms with Gasteiger partial charge in [-0.25, -0.2) is 0 Å². The largest absolute Gasteiger partial charge is 0.378 e. The Bertz CT molecular complexity index is 276. The zero-order valence-electron chi connectivity index (χ0n) is 12.2. The van der Waals surface area contributed by atoms with Gasteiger partial charge in [0.15, 0.2) is 0 Å². The van der Waals surface area contributed by atoms with Crippen molar-refractivity contribution in [2.24, 2.45) is 16.7 Å². The second-order valence-corrected chi connectivity index (χ2v) is 6.95. The van der Waals surface area contributed by atoms with Crippen LogP contribution in [0.5, 0.6) is 0 Å². The summed E-state index contributed by atoms with van der Waals surface area (Å²) in [4.78, 5) is 0. The van der Waals surface area contributed by atoms with Gasteiger partial charge in [-0.1, -0.05) is 20.8 Å². The Hall–Kier alpha value is -0.0800. The van der Waals surface area contributed by atoms with E-state index in [-0.39, 0.29) is 0 Å². The summed E-state index contributed by atoms with van der Waals surface area (Å²) in [6.07, 6.45) is 5.68. The van der Waals surface area contributed by atoms with Crippen LogP contribution in [0.4, 0.5) is 0 Å². The first-order chi connectivity index (χ1) is 7.91. The molecule has 0 aromatic carbocycles. The Morgan fingerprint density at radius 3 is 2.53 bits per heavy atom. The van der Waals surface area contributed by atoms with E-state index < -0.39 is 0 Å². The van der Waals surface area contributed by atoms with Crippen molar-refractivity contribution in [3.05, 3.63) is 0 Å². The van der Waals surface area contributed by atoms with Crippen LogP contribution in [0.2, 0.25) is 0 Å². The molecule has 17 heavy (non-hydrogen) atoms. The molecule has 0 aliphatic heterocycles. The molecule has 2 nitrogen and oxygen atoms in total. The van der Waals surface area contributed by atoms with E-state index in [0.29, 0.717) is 23.0 Å². The average Bonchev–Trinajstić information content (AvgIpc) is 2.61. The van der Waals surface area contributed by atoms with E-state index in [0.717, 1.165) is 18.9 Å². The average molecular weight is 239 g/mol. The fourth-order valence-electron chi connectivity index (χ4n) is 3.91. The van der Waals surface area contributed by atoms with Crippen LogP contribution in [0, 0.1) is 16.7 Å². The maximum absolute atomic E-state index is 6.21. The van der Waals surface area contributed by atoms with Gasteiger partial charge in [0.25, 0.3) is 0 Å². The van der Waals surface area contributed by atoms with Gasteiger partial charge in [0.2, 0.25) is 0 Å². The quantitative estimate of drug-likeness (QED) is 0.795. The summed E-state index contributed by atoms with van der Waals surface area (Å²) in [6.45, 7) is 10.5. The highest BCUT2D eigenvalue weighted by molar-refractivity contribution is 5.11. The van der Waals surface area contributed by atoms with Gasteiger partial charge in [0, 0.05) is 12.6 Å². The Balaban J connectivity index is 1.88. The topological polar surface area (TPSA) is 21.3 Å². The molecule has 100 valence electrons. The van der Waals surface area contributed by atoms with Crippen molar-refractivity contribution in [1.29, 1.82) is 0 Å².